The first-order chi connectivity index (χ1) is 4.57. The van der Waals surface area contributed by atoms with Crippen molar-refractivity contribution in [1.82, 2.24) is 5.12 Å². The zero-order chi connectivity index (χ0) is 8.15. The van der Waals surface area contributed by atoms with Gasteiger partial charge in [0.15, 0.2) is 0 Å². The molecule has 4 nitrogen and oxygen atoms in total. The molecule has 0 amide bonds. The van der Waals surface area contributed by atoms with Gasteiger partial charge in [-0.25, -0.2) is 0 Å². The SMILES string of the molecule is C=NN(C)/N=C(\N)C(C)C. The highest BCUT2D eigenvalue weighted by Gasteiger charge is 1.98. The van der Waals surface area contributed by atoms with E-state index in [4.69, 9.17) is 5.73 Å². The van der Waals surface area contributed by atoms with Gasteiger partial charge in [-0.05, 0) is 0 Å². The first-order valence-corrected chi connectivity index (χ1v) is 3.12. The number of hydrogen-bond acceptors (Lipinski definition) is 3. The molecule has 2 N–H and O–H groups in total. The van der Waals surface area contributed by atoms with Crippen LogP contribution < -0.4 is 5.73 Å². The van der Waals surface area contributed by atoms with Gasteiger partial charge >= 0.3 is 0 Å². The Hall–Kier alpha value is -1.06. The van der Waals surface area contributed by atoms with Gasteiger partial charge in [0, 0.05) is 19.7 Å². The molecule has 0 heterocycles. The monoisotopic (exact) mass is 142 g/mol. The van der Waals surface area contributed by atoms with Gasteiger partial charge in [0.05, 0.1) is 0 Å². The van der Waals surface area contributed by atoms with Crippen LogP contribution >= 0.6 is 0 Å². The van der Waals surface area contributed by atoms with Gasteiger partial charge < -0.3 is 5.73 Å². The summed E-state index contributed by atoms with van der Waals surface area (Å²) < 4.78 is 0. The normalized spacial score (nSPS) is 11.8. The third-order valence-electron chi connectivity index (χ3n) is 1.06. The molecular weight excluding hydrogens is 128 g/mol. The first-order valence-electron chi connectivity index (χ1n) is 3.12. The summed E-state index contributed by atoms with van der Waals surface area (Å²) in [6, 6.07) is 0. The highest BCUT2D eigenvalue weighted by molar-refractivity contribution is 5.81. The minimum Gasteiger partial charge on any atom is -0.385 e. The molecule has 4 heteroatoms. The van der Waals surface area contributed by atoms with Crippen molar-refractivity contribution in [3.8, 4) is 0 Å². The second kappa shape index (κ2) is 3.87. The Bertz CT molecular complexity index is 139. The van der Waals surface area contributed by atoms with E-state index in [1.165, 1.54) is 5.12 Å². The second-order valence-electron chi connectivity index (χ2n) is 2.31. The van der Waals surface area contributed by atoms with Gasteiger partial charge in [-0.2, -0.15) is 10.2 Å². The molecule has 0 atom stereocenters. The fraction of sp³-hybridized carbons (Fsp3) is 0.667. The molecule has 0 aliphatic rings. The summed E-state index contributed by atoms with van der Waals surface area (Å²) in [6.07, 6.45) is 0. The Kier molecular flexibility index (Phi) is 3.46. The van der Waals surface area contributed by atoms with Crippen molar-refractivity contribution < 1.29 is 0 Å². The molecule has 0 bridgehead atoms. The van der Waals surface area contributed by atoms with E-state index >= 15 is 0 Å². The summed E-state index contributed by atoms with van der Waals surface area (Å²) in [5.74, 6) is 0.819. The standard InChI is InChI=1S/C6H14N4/c1-5(2)6(7)9-10(4)8-3/h5H,3H2,1-2,4H3,(H2,7,9). The largest absolute Gasteiger partial charge is 0.385 e. The summed E-state index contributed by atoms with van der Waals surface area (Å²) >= 11 is 0. The number of hydrazone groups is 2. The minimum absolute atomic E-state index is 0.254. The maximum Gasteiger partial charge on any atom is 0.124 e. The molecule has 0 aromatic heterocycles. The molecule has 0 saturated carbocycles. The van der Waals surface area contributed by atoms with Crippen LogP contribution in [0, 0.1) is 5.92 Å². The number of amidine groups is 1. The van der Waals surface area contributed by atoms with Crippen molar-refractivity contribution >= 4 is 12.6 Å². The van der Waals surface area contributed by atoms with E-state index in [-0.39, 0.29) is 5.92 Å². The molecule has 0 spiro atoms. The van der Waals surface area contributed by atoms with Gasteiger partial charge in [-0.15, -0.1) is 5.10 Å². The molecule has 0 saturated heterocycles. The van der Waals surface area contributed by atoms with Crippen LogP contribution in [-0.4, -0.2) is 24.7 Å². The van der Waals surface area contributed by atoms with Crippen molar-refractivity contribution in [2.75, 3.05) is 7.05 Å². The van der Waals surface area contributed by atoms with E-state index in [0.717, 1.165) is 0 Å². The first kappa shape index (κ1) is 8.94. The molecule has 10 heavy (non-hydrogen) atoms. The second-order valence-corrected chi connectivity index (χ2v) is 2.31. The van der Waals surface area contributed by atoms with E-state index in [0.29, 0.717) is 5.84 Å². The maximum absolute atomic E-state index is 5.51. The van der Waals surface area contributed by atoms with Gasteiger partial charge in [-0.3, -0.25) is 0 Å². The van der Waals surface area contributed by atoms with E-state index in [2.05, 4.69) is 16.9 Å². The topological polar surface area (TPSA) is 54.0 Å². The number of nitrogens with two attached hydrogens (primary N) is 1. The summed E-state index contributed by atoms with van der Waals surface area (Å²) in [5, 5.41) is 8.76. The summed E-state index contributed by atoms with van der Waals surface area (Å²) in [6.45, 7) is 7.22. The highest BCUT2D eigenvalue weighted by atomic mass is 15.6. The van der Waals surface area contributed by atoms with Crippen LogP contribution in [0.1, 0.15) is 13.8 Å². The number of nitrogens with zero attached hydrogens (tertiary/aromatic N) is 3. The lowest BCUT2D eigenvalue weighted by atomic mass is 10.2. The maximum atomic E-state index is 5.51. The quantitative estimate of drug-likeness (QED) is 0.353. The van der Waals surface area contributed by atoms with Crippen LogP contribution in [0.25, 0.3) is 0 Å². The molecule has 0 radical (unpaired) electrons. The molecule has 0 unspecified atom stereocenters. The summed E-state index contributed by atoms with van der Waals surface area (Å²) in [7, 11) is 1.68. The van der Waals surface area contributed by atoms with Crippen molar-refractivity contribution in [2.24, 2.45) is 21.9 Å². The fourth-order valence-corrected chi connectivity index (χ4v) is 0.314. The van der Waals surface area contributed by atoms with Gasteiger partial charge in [-0.1, -0.05) is 13.8 Å². The Morgan fingerprint density at radius 3 is 2.40 bits per heavy atom. The van der Waals surface area contributed by atoms with Crippen molar-refractivity contribution in [3.05, 3.63) is 0 Å². The molecule has 58 valence electrons. The number of hydrogen-bond donors (Lipinski definition) is 1. The summed E-state index contributed by atoms with van der Waals surface area (Å²) in [5.41, 5.74) is 5.51. The minimum atomic E-state index is 0.254. The van der Waals surface area contributed by atoms with Crippen LogP contribution in [0.2, 0.25) is 0 Å². The molecule has 0 aromatic carbocycles. The van der Waals surface area contributed by atoms with Crippen molar-refractivity contribution in [3.63, 3.8) is 0 Å². The molecular formula is C6H14N4. The van der Waals surface area contributed by atoms with Crippen LogP contribution in [0.5, 0.6) is 0 Å². The molecule has 0 fully saturated rings. The Balaban J connectivity index is 4.01. The van der Waals surface area contributed by atoms with Crippen molar-refractivity contribution in [2.45, 2.75) is 13.8 Å². The third-order valence-corrected chi connectivity index (χ3v) is 1.06. The van der Waals surface area contributed by atoms with Gasteiger partial charge in [0.1, 0.15) is 5.84 Å². The van der Waals surface area contributed by atoms with Crippen LogP contribution in [0.3, 0.4) is 0 Å². The van der Waals surface area contributed by atoms with Crippen LogP contribution in [-0.2, 0) is 0 Å². The molecule has 0 rings (SSSR count). The lowest BCUT2D eigenvalue weighted by molar-refractivity contribution is 0.377. The average molecular weight is 142 g/mol. The third kappa shape index (κ3) is 3.06. The van der Waals surface area contributed by atoms with E-state index < -0.39 is 0 Å². The smallest absolute Gasteiger partial charge is 0.124 e. The predicted octanol–water partition coefficient (Wildman–Crippen LogP) is 0.462. The van der Waals surface area contributed by atoms with E-state index in [9.17, 15) is 0 Å². The van der Waals surface area contributed by atoms with Gasteiger partial charge in [0.2, 0.25) is 0 Å². The highest BCUT2D eigenvalue weighted by Crippen LogP contribution is 1.93. The van der Waals surface area contributed by atoms with E-state index in [1.807, 2.05) is 13.8 Å². The average Bonchev–Trinajstić information content (AvgIpc) is 1.87. The van der Waals surface area contributed by atoms with Crippen molar-refractivity contribution in [1.29, 1.82) is 0 Å². The molecule has 0 aliphatic heterocycles. The van der Waals surface area contributed by atoms with E-state index in [1.54, 1.807) is 7.05 Å². The zero-order valence-corrected chi connectivity index (χ0v) is 6.70. The fourth-order valence-electron chi connectivity index (χ4n) is 0.314. The lowest BCUT2D eigenvalue weighted by Crippen LogP contribution is -2.22. The van der Waals surface area contributed by atoms with Crippen LogP contribution in [0.4, 0.5) is 0 Å². The lowest BCUT2D eigenvalue weighted by Gasteiger charge is -2.08. The Morgan fingerprint density at radius 2 is 2.10 bits per heavy atom. The predicted molar refractivity (Wildman–Crippen MR) is 43.8 cm³/mol. The number of rotatable bonds is 3. The zero-order valence-electron chi connectivity index (χ0n) is 6.70. The summed E-state index contributed by atoms with van der Waals surface area (Å²) in [4.78, 5) is 0. The van der Waals surface area contributed by atoms with Gasteiger partial charge in [0.25, 0.3) is 0 Å². The Labute approximate surface area is 61.4 Å². The Morgan fingerprint density at radius 1 is 1.60 bits per heavy atom. The molecule has 0 aliphatic carbocycles. The van der Waals surface area contributed by atoms with Crippen LogP contribution in [0.15, 0.2) is 10.2 Å². The molecule has 0 aromatic rings.